The quantitative estimate of drug-likeness (QED) is 0.339. The Balaban J connectivity index is 1.34. The van der Waals surface area contributed by atoms with Crippen molar-refractivity contribution in [3.05, 3.63) is 111 Å². The van der Waals surface area contributed by atoms with Gasteiger partial charge in [0.1, 0.15) is 12.4 Å². The summed E-state index contributed by atoms with van der Waals surface area (Å²) in [5.74, 6) is 0.741. The van der Waals surface area contributed by atoms with Gasteiger partial charge >= 0.3 is 0 Å². The van der Waals surface area contributed by atoms with E-state index in [1.54, 1.807) is 10.9 Å². The van der Waals surface area contributed by atoms with Crippen LogP contribution < -0.4 is 10.1 Å². The molecule has 1 N–H and O–H groups in total. The van der Waals surface area contributed by atoms with Gasteiger partial charge < -0.3 is 10.1 Å². The fourth-order valence-corrected chi connectivity index (χ4v) is 3.69. The Morgan fingerprint density at radius 1 is 0.969 bits per heavy atom. The van der Waals surface area contributed by atoms with Crippen molar-refractivity contribution < 1.29 is 9.53 Å². The summed E-state index contributed by atoms with van der Waals surface area (Å²) in [7, 11) is 0. The number of halogens is 1. The molecule has 6 heteroatoms. The normalized spacial score (nSPS) is 10.7. The number of para-hydroxylation sites is 1. The van der Waals surface area contributed by atoms with Gasteiger partial charge in [0.2, 0.25) is 0 Å². The highest BCUT2D eigenvalue weighted by Crippen LogP contribution is 2.23. The molecule has 5 nitrogen and oxygen atoms in total. The van der Waals surface area contributed by atoms with Crippen molar-refractivity contribution in [3.8, 4) is 5.75 Å². The summed E-state index contributed by atoms with van der Waals surface area (Å²) in [5.41, 5.74) is 5.61. The second kappa shape index (κ2) is 9.83. The lowest BCUT2D eigenvalue weighted by molar-refractivity contribution is 0.102. The van der Waals surface area contributed by atoms with Crippen molar-refractivity contribution in [2.45, 2.75) is 27.0 Å². The van der Waals surface area contributed by atoms with Crippen LogP contribution in [0.4, 0.5) is 5.69 Å². The van der Waals surface area contributed by atoms with Gasteiger partial charge in [-0.2, -0.15) is 5.10 Å². The van der Waals surface area contributed by atoms with Gasteiger partial charge in [-0.05, 0) is 60.4 Å². The van der Waals surface area contributed by atoms with Gasteiger partial charge in [0, 0.05) is 16.2 Å². The third kappa shape index (κ3) is 5.45. The minimum absolute atomic E-state index is 0.171. The van der Waals surface area contributed by atoms with Crippen LogP contribution in [0.2, 0.25) is 0 Å². The van der Waals surface area contributed by atoms with Crippen LogP contribution in [0, 0.1) is 13.8 Å². The van der Waals surface area contributed by atoms with Crippen LogP contribution in [0.1, 0.15) is 32.6 Å². The molecule has 0 fully saturated rings. The van der Waals surface area contributed by atoms with Crippen molar-refractivity contribution in [1.29, 1.82) is 0 Å². The van der Waals surface area contributed by atoms with E-state index >= 15 is 0 Å². The molecule has 4 aromatic rings. The average molecular weight is 490 g/mol. The predicted molar refractivity (Wildman–Crippen MR) is 130 cm³/mol. The van der Waals surface area contributed by atoms with Crippen LogP contribution in [-0.2, 0) is 13.2 Å². The Labute approximate surface area is 196 Å². The summed E-state index contributed by atoms with van der Waals surface area (Å²) >= 11 is 3.44. The molecule has 0 radical (unpaired) electrons. The van der Waals surface area contributed by atoms with E-state index < -0.39 is 0 Å². The molecule has 4 rings (SSSR count). The molecule has 0 unspecified atom stereocenters. The van der Waals surface area contributed by atoms with E-state index in [1.807, 2.05) is 86.8 Å². The lowest BCUT2D eigenvalue weighted by Crippen LogP contribution is -2.11. The molecule has 0 saturated carbocycles. The summed E-state index contributed by atoms with van der Waals surface area (Å²) < 4.78 is 8.83. The molecule has 0 spiro atoms. The fourth-order valence-electron chi connectivity index (χ4n) is 3.43. The first-order chi connectivity index (χ1) is 15.5. The average Bonchev–Trinajstić information content (AvgIpc) is 3.22. The van der Waals surface area contributed by atoms with E-state index in [-0.39, 0.29) is 5.91 Å². The number of hydrogen-bond acceptors (Lipinski definition) is 3. The van der Waals surface area contributed by atoms with Crippen LogP contribution in [0.5, 0.6) is 5.75 Å². The fraction of sp³-hybridized carbons (Fsp3) is 0.154. The molecule has 32 heavy (non-hydrogen) atoms. The number of nitrogens with zero attached hydrogens (tertiary/aromatic N) is 2. The zero-order chi connectivity index (χ0) is 22.5. The van der Waals surface area contributed by atoms with E-state index in [9.17, 15) is 4.79 Å². The molecule has 0 atom stereocenters. The second-order valence-electron chi connectivity index (χ2n) is 7.71. The Morgan fingerprint density at radius 3 is 2.31 bits per heavy atom. The van der Waals surface area contributed by atoms with Crippen molar-refractivity contribution in [1.82, 2.24) is 9.78 Å². The van der Waals surface area contributed by atoms with E-state index in [4.69, 9.17) is 4.74 Å². The SMILES string of the molecule is Cc1cccc(C)c1OCc1ccc(C(=O)Nc2cnn(Cc3ccc(Br)cc3)c2)cc1. The number of aryl methyl sites for hydroxylation is 2. The third-order valence-electron chi connectivity index (χ3n) is 5.16. The number of rotatable bonds is 7. The number of amides is 1. The smallest absolute Gasteiger partial charge is 0.255 e. The number of benzene rings is 3. The van der Waals surface area contributed by atoms with E-state index in [0.717, 1.165) is 32.5 Å². The number of anilines is 1. The summed E-state index contributed by atoms with van der Waals surface area (Å²) in [6, 6.07) is 21.6. The maximum atomic E-state index is 12.6. The van der Waals surface area contributed by atoms with Gasteiger partial charge in [-0.15, -0.1) is 0 Å². The van der Waals surface area contributed by atoms with Crippen LogP contribution in [0.15, 0.2) is 83.6 Å². The topological polar surface area (TPSA) is 56.1 Å². The van der Waals surface area contributed by atoms with Gasteiger partial charge in [0.15, 0.2) is 0 Å². The Hall–Kier alpha value is -3.38. The Bertz CT molecular complexity index is 1190. The Kier molecular flexibility index (Phi) is 6.71. The van der Waals surface area contributed by atoms with Crippen molar-refractivity contribution in [2.75, 3.05) is 5.32 Å². The highest BCUT2D eigenvalue weighted by Gasteiger charge is 2.09. The first-order valence-corrected chi connectivity index (χ1v) is 11.1. The molecule has 0 aliphatic rings. The van der Waals surface area contributed by atoms with Crippen LogP contribution >= 0.6 is 15.9 Å². The highest BCUT2D eigenvalue weighted by atomic mass is 79.9. The lowest BCUT2D eigenvalue weighted by Gasteiger charge is -2.12. The largest absolute Gasteiger partial charge is 0.488 e. The van der Waals surface area contributed by atoms with E-state index in [2.05, 4.69) is 26.3 Å². The number of carbonyl (C=O) groups excluding carboxylic acids is 1. The van der Waals surface area contributed by atoms with Gasteiger partial charge in [0.05, 0.1) is 18.4 Å². The molecule has 0 bridgehead atoms. The highest BCUT2D eigenvalue weighted by molar-refractivity contribution is 9.10. The molecule has 1 aromatic heterocycles. The van der Waals surface area contributed by atoms with Gasteiger partial charge in [0.25, 0.3) is 5.91 Å². The summed E-state index contributed by atoms with van der Waals surface area (Å²) in [5, 5.41) is 7.24. The van der Waals surface area contributed by atoms with Crippen molar-refractivity contribution in [2.24, 2.45) is 0 Å². The first-order valence-electron chi connectivity index (χ1n) is 10.3. The number of ether oxygens (including phenoxy) is 1. The van der Waals surface area contributed by atoms with Gasteiger partial charge in [-0.3, -0.25) is 9.48 Å². The summed E-state index contributed by atoms with van der Waals surface area (Å²) in [4.78, 5) is 12.6. The summed E-state index contributed by atoms with van der Waals surface area (Å²) in [6.07, 6.45) is 3.48. The standard InChI is InChI=1S/C26H24BrN3O2/c1-18-4-3-5-19(2)25(18)32-17-21-6-10-22(11-7-21)26(31)29-24-14-28-30(16-24)15-20-8-12-23(27)13-9-20/h3-14,16H,15,17H2,1-2H3,(H,29,31). The van der Waals surface area contributed by atoms with Crippen LogP contribution in [0.3, 0.4) is 0 Å². The van der Waals surface area contributed by atoms with Crippen LogP contribution in [-0.4, -0.2) is 15.7 Å². The number of hydrogen-bond donors (Lipinski definition) is 1. The van der Waals surface area contributed by atoms with Crippen LogP contribution in [0.25, 0.3) is 0 Å². The zero-order valence-corrected chi connectivity index (χ0v) is 19.6. The lowest BCUT2D eigenvalue weighted by atomic mass is 10.1. The van der Waals surface area contributed by atoms with Crippen molar-refractivity contribution >= 4 is 27.5 Å². The van der Waals surface area contributed by atoms with Crippen molar-refractivity contribution in [3.63, 3.8) is 0 Å². The number of carbonyl (C=O) groups is 1. The number of nitrogens with one attached hydrogen (secondary N) is 1. The molecule has 0 aliphatic heterocycles. The molecule has 1 amide bonds. The van der Waals surface area contributed by atoms with Gasteiger partial charge in [-0.25, -0.2) is 0 Å². The maximum Gasteiger partial charge on any atom is 0.255 e. The third-order valence-corrected chi connectivity index (χ3v) is 5.69. The summed E-state index contributed by atoms with van der Waals surface area (Å²) in [6.45, 7) is 5.17. The molecule has 0 saturated heterocycles. The molecule has 162 valence electrons. The monoisotopic (exact) mass is 489 g/mol. The first kappa shape index (κ1) is 21.8. The van der Waals surface area contributed by atoms with E-state index in [0.29, 0.717) is 24.4 Å². The molecule has 3 aromatic carbocycles. The van der Waals surface area contributed by atoms with E-state index in [1.165, 1.54) is 0 Å². The minimum Gasteiger partial charge on any atom is -0.488 e. The zero-order valence-electron chi connectivity index (χ0n) is 18.0. The molecule has 1 heterocycles. The second-order valence-corrected chi connectivity index (χ2v) is 8.63. The molecular formula is C26H24BrN3O2. The Morgan fingerprint density at radius 2 is 1.62 bits per heavy atom. The molecule has 0 aliphatic carbocycles. The maximum absolute atomic E-state index is 12.6. The number of aromatic nitrogens is 2. The van der Waals surface area contributed by atoms with Gasteiger partial charge in [-0.1, -0.05) is 58.4 Å². The minimum atomic E-state index is -0.171. The molecular weight excluding hydrogens is 466 g/mol. The predicted octanol–water partition coefficient (Wildman–Crippen LogP) is 6.14.